The minimum absolute atomic E-state index is 0.0454. The zero-order chi connectivity index (χ0) is 15.2. The highest BCUT2D eigenvalue weighted by molar-refractivity contribution is 7.89. The summed E-state index contributed by atoms with van der Waals surface area (Å²) in [6.07, 6.45) is 0. The molecular weight excluding hydrogens is 278 g/mol. The third kappa shape index (κ3) is 3.81. The van der Waals surface area contributed by atoms with E-state index >= 15 is 0 Å². The van der Waals surface area contributed by atoms with E-state index < -0.39 is 15.9 Å². The van der Waals surface area contributed by atoms with Crippen molar-refractivity contribution in [3.8, 4) is 11.8 Å². The lowest BCUT2D eigenvalue weighted by Crippen LogP contribution is -2.38. The lowest BCUT2D eigenvalue weighted by molar-refractivity contribution is -0.118. The van der Waals surface area contributed by atoms with Crippen LogP contribution in [0, 0.1) is 11.8 Å². The average Bonchev–Trinajstić information content (AvgIpc) is 2.42. The molecule has 0 radical (unpaired) electrons. The Kier molecular flexibility index (Phi) is 5.70. The number of carbonyl (C=O) groups excluding carboxylic acids is 1. The molecular formula is C13H17N3O3S. The van der Waals surface area contributed by atoms with Gasteiger partial charge in [0.2, 0.25) is 15.9 Å². The van der Waals surface area contributed by atoms with Crippen LogP contribution >= 0.6 is 0 Å². The van der Waals surface area contributed by atoms with Crippen molar-refractivity contribution in [2.24, 2.45) is 11.5 Å². The van der Waals surface area contributed by atoms with E-state index in [2.05, 4.69) is 11.8 Å². The molecule has 0 bridgehead atoms. The van der Waals surface area contributed by atoms with Crippen LogP contribution in [0.2, 0.25) is 0 Å². The highest BCUT2D eigenvalue weighted by atomic mass is 32.2. The number of primary amides is 1. The predicted molar refractivity (Wildman–Crippen MR) is 76.0 cm³/mol. The summed E-state index contributed by atoms with van der Waals surface area (Å²) in [4.78, 5) is 11.0. The lowest BCUT2D eigenvalue weighted by Gasteiger charge is -2.19. The first-order valence-corrected chi connectivity index (χ1v) is 7.44. The summed E-state index contributed by atoms with van der Waals surface area (Å²) in [6, 6.07) is 6.32. The second-order valence-corrected chi connectivity index (χ2v) is 5.81. The van der Waals surface area contributed by atoms with Gasteiger partial charge < -0.3 is 11.5 Å². The Bertz CT molecular complexity index is 644. The van der Waals surface area contributed by atoms with Crippen molar-refractivity contribution < 1.29 is 13.2 Å². The van der Waals surface area contributed by atoms with E-state index in [1.807, 2.05) is 0 Å². The van der Waals surface area contributed by atoms with Gasteiger partial charge in [-0.15, -0.1) is 0 Å². The smallest absolute Gasteiger partial charge is 0.244 e. The quantitative estimate of drug-likeness (QED) is 0.714. The molecule has 0 saturated carbocycles. The molecule has 0 atom stereocenters. The number of likely N-dealkylation sites (N-methyl/N-ethyl adjacent to an activating group) is 1. The second-order valence-electron chi connectivity index (χ2n) is 3.90. The van der Waals surface area contributed by atoms with Gasteiger partial charge in [-0.2, -0.15) is 4.31 Å². The van der Waals surface area contributed by atoms with Gasteiger partial charge in [0.25, 0.3) is 0 Å². The molecule has 6 nitrogen and oxygen atoms in total. The van der Waals surface area contributed by atoms with E-state index in [-0.39, 0.29) is 24.5 Å². The summed E-state index contributed by atoms with van der Waals surface area (Å²) in [6.45, 7) is 1.54. The van der Waals surface area contributed by atoms with Gasteiger partial charge in [-0.1, -0.05) is 30.9 Å². The van der Waals surface area contributed by atoms with Crippen LogP contribution in [0.5, 0.6) is 0 Å². The van der Waals surface area contributed by atoms with E-state index in [0.717, 1.165) is 4.31 Å². The van der Waals surface area contributed by atoms with Gasteiger partial charge in [-0.05, 0) is 12.1 Å². The topological polar surface area (TPSA) is 106 Å². The molecule has 0 aliphatic rings. The number of sulfonamides is 1. The lowest BCUT2D eigenvalue weighted by atomic mass is 10.2. The Morgan fingerprint density at radius 3 is 2.55 bits per heavy atom. The molecule has 1 amide bonds. The first-order valence-electron chi connectivity index (χ1n) is 6.00. The normalized spacial score (nSPS) is 10.9. The van der Waals surface area contributed by atoms with Crippen LogP contribution in [0.15, 0.2) is 29.2 Å². The number of amides is 1. The minimum Gasteiger partial charge on any atom is -0.369 e. The van der Waals surface area contributed by atoms with Crippen LogP contribution in [0.3, 0.4) is 0 Å². The molecule has 0 fully saturated rings. The van der Waals surface area contributed by atoms with E-state index in [9.17, 15) is 13.2 Å². The van der Waals surface area contributed by atoms with Crippen LogP contribution in [0.4, 0.5) is 0 Å². The van der Waals surface area contributed by atoms with E-state index in [1.54, 1.807) is 25.1 Å². The van der Waals surface area contributed by atoms with Gasteiger partial charge in [0.15, 0.2) is 0 Å². The monoisotopic (exact) mass is 295 g/mol. The molecule has 1 rings (SSSR count). The van der Waals surface area contributed by atoms with E-state index in [0.29, 0.717) is 5.56 Å². The highest BCUT2D eigenvalue weighted by Crippen LogP contribution is 2.19. The summed E-state index contributed by atoms with van der Waals surface area (Å²) in [5.74, 6) is 4.62. The SMILES string of the molecule is CCN(CC(N)=O)S(=O)(=O)c1ccccc1C#CCN. The van der Waals surface area contributed by atoms with Gasteiger partial charge in [-0.25, -0.2) is 8.42 Å². The fraction of sp³-hybridized carbons (Fsp3) is 0.308. The summed E-state index contributed by atoms with van der Waals surface area (Å²) in [5.41, 5.74) is 10.7. The number of hydrogen-bond donors (Lipinski definition) is 2. The Balaban J connectivity index is 3.30. The number of nitrogens with zero attached hydrogens (tertiary/aromatic N) is 1. The number of carbonyl (C=O) groups is 1. The summed E-state index contributed by atoms with van der Waals surface area (Å²) < 4.78 is 26.0. The van der Waals surface area contributed by atoms with Crippen molar-refractivity contribution in [1.29, 1.82) is 0 Å². The second kappa shape index (κ2) is 7.05. The molecule has 0 aromatic heterocycles. The maximum atomic E-state index is 12.5. The largest absolute Gasteiger partial charge is 0.369 e. The molecule has 0 unspecified atom stereocenters. The Morgan fingerprint density at radius 2 is 2.00 bits per heavy atom. The Labute approximate surface area is 118 Å². The fourth-order valence-electron chi connectivity index (χ4n) is 1.62. The summed E-state index contributed by atoms with van der Waals surface area (Å²) in [7, 11) is -3.82. The summed E-state index contributed by atoms with van der Waals surface area (Å²) >= 11 is 0. The summed E-state index contributed by atoms with van der Waals surface area (Å²) in [5, 5.41) is 0. The molecule has 1 aromatic carbocycles. The molecule has 20 heavy (non-hydrogen) atoms. The fourth-order valence-corrected chi connectivity index (χ4v) is 3.18. The van der Waals surface area contributed by atoms with E-state index in [4.69, 9.17) is 11.5 Å². The maximum absolute atomic E-state index is 12.5. The molecule has 1 aromatic rings. The van der Waals surface area contributed by atoms with Gasteiger partial charge in [0.1, 0.15) is 0 Å². The van der Waals surface area contributed by atoms with Crippen LogP contribution in [0.25, 0.3) is 0 Å². The first-order chi connectivity index (χ1) is 9.43. The molecule has 0 heterocycles. The molecule has 0 aliphatic carbocycles. The number of benzene rings is 1. The zero-order valence-corrected chi connectivity index (χ0v) is 12.0. The number of rotatable bonds is 5. The molecule has 0 aliphatic heterocycles. The van der Waals surface area contributed by atoms with Gasteiger partial charge in [0, 0.05) is 12.1 Å². The Morgan fingerprint density at radius 1 is 1.35 bits per heavy atom. The third-order valence-electron chi connectivity index (χ3n) is 2.51. The zero-order valence-electron chi connectivity index (χ0n) is 11.2. The third-order valence-corrected chi connectivity index (χ3v) is 4.49. The van der Waals surface area contributed by atoms with Crippen molar-refractivity contribution >= 4 is 15.9 Å². The van der Waals surface area contributed by atoms with Crippen molar-refractivity contribution in [2.45, 2.75) is 11.8 Å². The van der Waals surface area contributed by atoms with Crippen LogP contribution in [-0.4, -0.2) is 38.3 Å². The highest BCUT2D eigenvalue weighted by Gasteiger charge is 2.26. The molecule has 108 valence electrons. The van der Waals surface area contributed by atoms with Crippen LogP contribution < -0.4 is 11.5 Å². The average molecular weight is 295 g/mol. The van der Waals surface area contributed by atoms with Crippen molar-refractivity contribution in [1.82, 2.24) is 4.31 Å². The number of hydrogen-bond acceptors (Lipinski definition) is 4. The first kappa shape index (κ1) is 16.2. The van der Waals surface area contributed by atoms with Crippen LogP contribution in [-0.2, 0) is 14.8 Å². The maximum Gasteiger partial charge on any atom is 0.244 e. The molecule has 0 spiro atoms. The van der Waals surface area contributed by atoms with Crippen LogP contribution in [0.1, 0.15) is 12.5 Å². The van der Waals surface area contributed by atoms with Crippen molar-refractivity contribution in [2.75, 3.05) is 19.6 Å². The minimum atomic E-state index is -3.82. The van der Waals surface area contributed by atoms with Gasteiger partial charge >= 0.3 is 0 Å². The van der Waals surface area contributed by atoms with E-state index in [1.165, 1.54) is 6.07 Å². The van der Waals surface area contributed by atoms with Crippen molar-refractivity contribution in [3.63, 3.8) is 0 Å². The number of nitrogens with two attached hydrogens (primary N) is 2. The van der Waals surface area contributed by atoms with Gasteiger partial charge in [-0.3, -0.25) is 4.79 Å². The molecule has 7 heteroatoms. The van der Waals surface area contributed by atoms with Crippen molar-refractivity contribution in [3.05, 3.63) is 29.8 Å². The molecule has 0 saturated heterocycles. The predicted octanol–water partition coefficient (Wildman–Crippen LogP) is -0.507. The Hall–Kier alpha value is -1.88. The standard InChI is InChI=1S/C13H17N3O3S/c1-2-16(10-13(15)17)20(18,19)12-8-4-3-6-11(12)7-5-9-14/h3-4,6,8H,2,9-10,14H2,1H3,(H2,15,17). The molecule has 4 N–H and O–H groups in total. The van der Waals surface area contributed by atoms with Gasteiger partial charge in [0.05, 0.1) is 18.0 Å².